The summed E-state index contributed by atoms with van der Waals surface area (Å²) >= 11 is 1.36. The van der Waals surface area contributed by atoms with E-state index in [1.807, 2.05) is 25.1 Å². The van der Waals surface area contributed by atoms with Gasteiger partial charge in [0.1, 0.15) is 11.5 Å². The Balaban J connectivity index is 1.85. The number of hydrogen-bond acceptors (Lipinski definition) is 5. The molecule has 0 bridgehead atoms. The second kappa shape index (κ2) is 7.59. The van der Waals surface area contributed by atoms with E-state index in [-0.39, 0.29) is 11.7 Å². The van der Waals surface area contributed by atoms with E-state index in [1.165, 1.54) is 11.8 Å². The van der Waals surface area contributed by atoms with Crippen molar-refractivity contribution in [1.29, 1.82) is 0 Å². The Kier molecular flexibility index (Phi) is 5.51. The van der Waals surface area contributed by atoms with Crippen molar-refractivity contribution >= 4 is 23.4 Å². The molecule has 0 unspecified atom stereocenters. The summed E-state index contributed by atoms with van der Waals surface area (Å²) in [6, 6.07) is 14.4. The zero-order chi connectivity index (χ0) is 15.1. The first-order valence-electron chi connectivity index (χ1n) is 6.60. The molecule has 5 heteroatoms. The molecule has 0 spiro atoms. The quantitative estimate of drug-likeness (QED) is 0.384. The van der Waals surface area contributed by atoms with Gasteiger partial charge in [0.2, 0.25) is 0 Å². The zero-order valence-electron chi connectivity index (χ0n) is 11.7. The molecule has 0 radical (unpaired) electrons. The molecule has 0 atom stereocenters. The first-order valence-corrected chi connectivity index (χ1v) is 7.58. The molecule has 2 aromatic carbocycles. The van der Waals surface area contributed by atoms with Gasteiger partial charge in [-0.2, -0.15) is 0 Å². The van der Waals surface area contributed by atoms with Crippen molar-refractivity contribution in [1.82, 2.24) is 0 Å². The molecule has 0 aliphatic rings. The van der Waals surface area contributed by atoms with Crippen LogP contribution in [0.4, 0.5) is 5.69 Å². The van der Waals surface area contributed by atoms with E-state index in [1.54, 1.807) is 30.3 Å². The number of anilines is 1. The Hall–Kier alpha value is -2.14. The molecule has 2 aromatic rings. The Bertz CT molecular complexity index is 599. The van der Waals surface area contributed by atoms with Crippen LogP contribution in [0.25, 0.3) is 0 Å². The predicted octanol–water partition coefficient (Wildman–Crippen LogP) is 3.37. The Labute approximate surface area is 128 Å². The highest BCUT2D eigenvalue weighted by Crippen LogP contribution is 2.25. The summed E-state index contributed by atoms with van der Waals surface area (Å²) in [4.78, 5) is 12.7. The van der Waals surface area contributed by atoms with Gasteiger partial charge in [0.15, 0.2) is 0 Å². The smallest absolute Gasteiger partial charge is 0.321 e. The predicted molar refractivity (Wildman–Crippen MR) is 84.8 cm³/mol. The third-order valence-corrected chi connectivity index (χ3v) is 3.69. The number of carbonyl (C=O) groups is 1. The molecule has 4 nitrogen and oxygen atoms in total. The van der Waals surface area contributed by atoms with Gasteiger partial charge >= 0.3 is 5.97 Å². The zero-order valence-corrected chi connectivity index (χ0v) is 12.6. The maximum Gasteiger partial charge on any atom is 0.321 e. The average Bonchev–Trinajstić information content (AvgIpc) is 2.49. The minimum atomic E-state index is -0.313. The van der Waals surface area contributed by atoms with Gasteiger partial charge in [-0.1, -0.05) is 12.1 Å². The molecule has 0 saturated heterocycles. The molecule has 0 saturated carbocycles. The fraction of sp³-hybridized carbons (Fsp3) is 0.188. The summed E-state index contributed by atoms with van der Waals surface area (Å²) in [6.07, 6.45) is 0. The molecular formula is C16H17NO3S. The van der Waals surface area contributed by atoms with Crippen LogP contribution < -0.4 is 15.2 Å². The van der Waals surface area contributed by atoms with Crippen LogP contribution in [0.15, 0.2) is 53.4 Å². The Morgan fingerprint density at radius 1 is 1.10 bits per heavy atom. The van der Waals surface area contributed by atoms with Gasteiger partial charge in [-0.25, -0.2) is 0 Å². The van der Waals surface area contributed by atoms with Crippen LogP contribution in [0.5, 0.6) is 11.5 Å². The van der Waals surface area contributed by atoms with Crippen LogP contribution in [0, 0.1) is 0 Å². The lowest BCUT2D eigenvalue weighted by Crippen LogP contribution is -2.10. The molecule has 0 heterocycles. The summed E-state index contributed by atoms with van der Waals surface area (Å²) < 4.78 is 10.6. The minimum absolute atomic E-state index is 0.210. The number of rotatable bonds is 6. The van der Waals surface area contributed by atoms with Crippen molar-refractivity contribution in [3.05, 3.63) is 48.5 Å². The standard InChI is InChI=1S/C16H17NO3S/c1-2-19-12-7-9-13(10-8-12)20-16(18)11-21-15-6-4-3-5-14(15)17/h3-10H,2,11,17H2,1H3. The van der Waals surface area contributed by atoms with E-state index in [9.17, 15) is 4.79 Å². The topological polar surface area (TPSA) is 61.5 Å². The number of thioether (sulfide) groups is 1. The molecule has 110 valence electrons. The summed E-state index contributed by atoms with van der Waals surface area (Å²) in [6.45, 7) is 2.52. The number of nitrogens with two attached hydrogens (primary N) is 1. The number of ether oxygens (including phenoxy) is 2. The van der Waals surface area contributed by atoms with Crippen LogP contribution in [0.2, 0.25) is 0 Å². The van der Waals surface area contributed by atoms with Crippen molar-refractivity contribution in [2.45, 2.75) is 11.8 Å². The fourth-order valence-corrected chi connectivity index (χ4v) is 2.42. The van der Waals surface area contributed by atoms with E-state index >= 15 is 0 Å². The number of benzene rings is 2. The van der Waals surface area contributed by atoms with Crippen molar-refractivity contribution < 1.29 is 14.3 Å². The summed E-state index contributed by atoms with van der Waals surface area (Å²) in [5, 5.41) is 0. The van der Waals surface area contributed by atoms with Crippen molar-refractivity contribution in [2.24, 2.45) is 0 Å². The summed E-state index contributed by atoms with van der Waals surface area (Å²) in [7, 11) is 0. The molecule has 21 heavy (non-hydrogen) atoms. The molecule has 0 aliphatic carbocycles. The molecule has 0 fully saturated rings. The van der Waals surface area contributed by atoms with E-state index in [2.05, 4.69) is 0 Å². The van der Waals surface area contributed by atoms with Gasteiger partial charge in [-0.3, -0.25) is 4.79 Å². The highest BCUT2D eigenvalue weighted by Gasteiger charge is 2.07. The highest BCUT2D eigenvalue weighted by molar-refractivity contribution is 8.00. The number of para-hydroxylation sites is 1. The van der Waals surface area contributed by atoms with Gasteiger partial charge in [0.05, 0.1) is 12.4 Å². The third-order valence-electron chi connectivity index (χ3n) is 2.63. The lowest BCUT2D eigenvalue weighted by Gasteiger charge is -2.07. The highest BCUT2D eigenvalue weighted by atomic mass is 32.2. The second-order valence-corrected chi connectivity index (χ2v) is 5.22. The molecule has 0 aromatic heterocycles. The number of hydrogen-bond donors (Lipinski definition) is 1. The molecule has 0 aliphatic heterocycles. The maximum absolute atomic E-state index is 11.8. The average molecular weight is 303 g/mol. The van der Waals surface area contributed by atoms with Gasteiger partial charge in [0.25, 0.3) is 0 Å². The molecule has 2 rings (SSSR count). The van der Waals surface area contributed by atoms with E-state index < -0.39 is 0 Å². The fourth-order valence-electron chi connectivity index (χ4n) is 1.68. The Morgan fingerprint density at radius 3 is 2.43 bits per heavy atom. The van der Waals surface area contributed by atoms with Crippen LogP contribution >= 0.6 is 11.8 Å². The SMILES string of the molecule is CCOc1ccc(OC(=O)CSc2ccccc2N)cc1. The second-order valence-electron chi connectivity index (χ2n) is 4.20. The molecular weight excluding hydrogens is 286 g/mol. The minimum Gasteiger partial charge on any atom is -0.494 e. The third kappa shape index (κ3) is 4.72. The lowest BCUT2D eigenvalue weighted by atomic mass is 10.3. The molecule has 0 amide bonds. The number of carbonyl (C=O) groups excluding carboxylic acids is 1. The van der Waals surface area contributed by atoms with Gasteiger partial charge < -0.3 is 15.2 Å². The molecule has 2 N–H and O–H groups in total. The van der Waals surface area contributed by atoms with E-state index in [0.717, 1.165) is 10.6 Å². The van der Waals surface area contributed by atoms with Crippen molar-refractivity contribution in [3.63, 3.8) is 0 Å². The van der Waals surface area contributed by atoms with Gasteiger partial charge in [-0.05, 0) is 43.3 Å². The van der Waals surface area contributed by atoms with E-state index in [4.69, 9.17) is 15.2 Å². The van der Waals surface area contributed by atoms with Crippen molar-refractivity contribution in [3.8, 4) is 11.5 Å². The summed E-state index contributed by atoms with van der Waals surface area (Å²) in [5.41, 5.74) is 6.48. The lowest BCUT2D eigenvalue weighted by molar-refractivity contribution is -0.131. The van der Waals surface area contributed by atoms with Crippen molar-refractivity contribution in [2.75, 3.05) is 18.1 Å². The Morgan fingerprint density at radius 2 is 1.76 bits per heavy atom. The largest absolute Gasteiger partial charge is 0.494 e. The monoisotopic (exact) mass is 303 g/mol. The van der Waals surface area contributed by atoms with Crippen LogP contribution in [-0.2, 0) is 4.79 Å². The normalized spacial score (nSPS) is 10.1. The first-order chi connectivity index (χ1) is 10.2. The number of esters is 1. The van der Waals surface area contributed by atoms with Crippen LogP contribution in [0.3, 0.4) is 0 Å². The number of nitrogen functional groups attached to an aromatic ring is 1. The van der Waals surface area contributed by atoms with Gasteiger partial charge in [0, 0.05) is 10.6 Å². The summed E-state index contributed by atoms with van der Waals surface area (Å²) in [5.74, 6) is 1.16. The first kappa shape index (κ1) is 15.3. The van der Waals surface area contributed by atoms with Crippen LogP contribution in [0.1, 0.15) is 6.92 Å². The van der Waals surface area contributed by atoms with Crippen LogP contribution in [-0.4, -0.2) is 18.3 Å². The van der Waals surface area contributed by atoms with Gasteiger partial charge in [-0.15, -0.1) is 11.8 Å². The maximum atomic E-state index is 11.8. The van der Waals surface area contributed by atoms with E-state index in [0.29, 0.717) is 18.0 Å².